The zero-order valence-electron chi connectivity index (χ0n) is 13.1. The van der Waals surface area contributed by atoms with Crippen LogP contribution >= 0.6 is 0 Å². The van der Waals surface area contributed by atoms with Gasteiger partial charge in [0.25, 0.3) is 11.8 Å². The maximum atomic E-state index is 12.8. The van der Waals surface area contributed by atoms with E-state index >= 15 is 0 Å². The first-order chi connectivity index (χ1) is 11.1. The van der Waals surface area contributed by atoms with Crippen molar-refractivity contribution in [2.75, 3.05) is 25.5 Å². The highest BCUT2D eigenvalue weighted by Gasteiger charge is 2.34. The minimum absolute atomic E-state index is 0.141. The van der Waals surface area contributed by atoms with E-state index in [-0.39, 0.29) is 18.4 Å². The van der Waals surface area contributed by atoms with Crippen molar-refractivity contribution in [2.24, 2.45) is 0 Å². The number of nitrogens with zero attached hydrogens (tertiary/aromatic N) is 2. The molecule has 3 rings (SSSR count). The van der Waals surface area contributed by atoms with Crippen molar-refractivity contribution in [1.29, 1.82) is 0 Å². The van der Waals surface area contributed by atoms with Crippen molar-refractivity contribution >= 4 is 17.5 Å². The second-order valence-corrected chi connectivity index (χ2v) is 5.59. The molecule has 5 heteroatoms. The molecule has 0 spiro atoms. The van der Waals surface area contributed by atoms with Crippen LogP contribution in [0.3, 0.4) is 0 Å². The molecule has 1 heterocycles. The van der Waals surface area contributed by atoms with Gasteiger partial charge in [-0.15, -0.1) is 0 Å². The van der Waals surface area contributed by atoms with Crippen LogP contribution in [0.1, 0.15) is 10.4 Å². The topological polar surface area (TPSA) is 49.9 Å². The molecule has 2 aromatic rings. The summed E-state index contributed by atoms with van der Waals surface area (Å²) in [6.45, 7) is 0.196. The lowest BCUT2D eigenvalue weighted by Gasteiger charge is -2.35. The fourth-order valence-electron chi connectivity index (χ4n) is 2.58. The molecule has 0 N–H and O–H groups in total. The lowest BCUT2D eigenvalue weighted by molar-refractivity contribution is -0.135. The van der Waals surface area contributed by atoms with Gasteiger partial charge >= 0.3 is 0 Å². The molecule has 1 aliphatic rings. The number of anilines is 1. The summed E-state index contributed by atoms with van der Waals surface area (Å²) in [5, 5.41) is 0. The van der Waals surface area contributed by atoms with E-state index in [9.17, 15) is 9.59 Å². The Bertz CT molecular complexity index is 728. The molecule has 0 saturated carbocycles. The van der Waals surface area contributed by atoms with Crippen LogP contribution < -0.4 is 9.64 Å². The maximum absolute atomic E-state index is 12.8. The number of rotatable bonds is 2. The van der Waals surface area contributed by atoms with Gasteiger partial charge in [-0.2, -0.15) is 0 Å². The Morgan fingerprint density at radius 2 is 1.70 bits per heavy atom. The Hall–Kier alpha value is -2.82. The summed E-state index contributed by atoms with van der Waals surface area (Å²) in [5.41, 5.74) is 1.27. The molecule has 0 bridgehead atoms. The molecule has 5 nitrogen and oxygen atoms in total. The average Bonchev–Trinajstić information content (AvgIpc) is 2.60. The van der Waals surface area contributed by atoms with E-state index < -0.39 is 6.10 Å². The summed E-state index contributed by atoms with van der Waals surface area (Å²) < 4.78 is 5.79. The van der Waals surface area contributed by atoms with Crippen molar-refractivity contribution < 1.29 is 14.3 Å². The Labute approximate surface area is 135 Å². The first-order valence-electron chi connectivity index (χ1n) is 7.41. The minimum atomic E-state index is -0.701. The summed E-state index contributed by atoms with van der Waals surface area (Å²) in [6, 6.07) is 16.3. The zero-order chi connectivity index (χ0) is 16.4. The minimum Gasteiger partial charge on any atom is -0.476 e. The van der Waals surface area contributed by atoms with Crippen LogP contribution in [0, 0.1) is 0 Å². The normalized spacial score (nSPS) is 16.3. The van der Waals surface area contributed by atoms with Crippen LogP contribution in [0.5, 0.6) is 5.75 Å². The number of ether oxygens (including phenoxy) is 1. The van der Waals surface area contributed by atoms with Gasteiger partial charge < -0.3 is 14.5 Å². The van der Waals surface area contributed by atoms with Crippen LogP contribution in [0.25, 0.3) is 0 Å². The van der Waals surface area contributed by atoms with Crippen molar-refractivity contribution in [2.45, 2.75) is 6.10 Å². The number of amides is 2. The summed E-state index contributed by atoms with van der Waals surface area (Å²) in [4.78, 5) is 28.2. The van der Waals surface area contributed by atoms with E-state index in [0.717, 1.165) is 0 Å². The molecule has 2 amide bonds. The van der Waals surface area contributed by atoms with E-state index in [1.54, 1.807) is 37.2 Å². The second-order valence-electron chi connectivity index (χ2n) is 5.59. The highest BCUT2D eigenvalue weighted by atomic mass is 16.5. The standard InChI is InChI=1S/C18H18N2O3/c1-19(2)18(22)16-12-20(14-10-6-7-11-15(14)23-16)17(21)13-8-4-3-5-9-13/h3-11,16H,12H2,1-2H3/t16-/m1/s1. The lowest BCUT2D eigenvalue weighted by Crippen LogP contribution is -2.50. The molecule has 1 atom stereocenters. The van der Waals surface area contributed by atoms with Gasteiger partial charge in [0.15, 0.2) is 6.10 Å². The molecule has 0 saturated heterocycles. The predicted molar refractivity (Wildman–Crippen MR) is 87.7 cm³/mol. The molecule has 0 aliphatic carbocycles. The number of para-hydroxylation sites is 2. The van der Waals surface area contributed by atoms with Gasteiger partial charge in [0, 0.05) is 19.7 Å². The van der Waals surface area contributed by atoms with Crippen molar-refractivity contribution in [3.8, 4) is 5.75 Å². The smallest absolute Gasteiger partial charge is 0.265 e. The number of fused-ring (bicyclic) bond motifs is 1. The van der Waals surface area contributed by atoms with Gasteiger partial charge in [-0.25, -0.2) is 0 Å². The van der Waals surface area contributed by atoms with Gasteiger partial charge in [0.1, 0.15) is 5.75 Å². The number of likely N-dealkylation sites (N-methyl/N-ethyl adjacent to an activating group) is 1. The van der Waals surface area contributed by atoms with E-state index in [4.69, 9.17) is 4.74 Å². The Morgan fingerprint density at radius 1 is 1.04 bits per heavy atom. The van der Waals surface area contributed by atoms with Crippen molar-refractivity contribution in [3.63, 3.8) is 0 Å². The highest BCUT2D eigenvalue weighted by molar-refractivity contribution is 6.07. The summed E-state index contributed by atoms with van der Waals surface area (Å²) >= 11 is 0. The molecule has 2 aromatic carbocycles. The summed E-state index contributed by atoms with van der Waals surface area (Å²) in [6.07, 6.45) is -0.701. The molecule has 0 aromatic heterocycles. The third-order valence-corrected chi connectivity index (χ3v) is 3.76. The highest BCUT2D eigenvalue weighted by Crippen LogP contribution is 2.34. The van der Waals surface area contributed by atoms with Gasteiger partial charge in [0.05, 0.1) is 12.2 Å². The van der Waals surface area contributed by atoms with E-state index in [2.05, 4.69) is 0 Å². The summed E-state index contributed by atoms with van der Waals surface area (Å²) in [5.74, 6) is 0.242. The Balaban J connectivity index is 1.98. The van der Waals surface area contributed by atoms with Crippen LogP contribution in [0.15, 0.2) is 54.6 Å². The quantitative estimate of drug-likeness (QED) is 0.854. The molecule has 118 valence electrons. The number of benzene rings is 2. The van der Waals surface area contributed by atoms with Gasteiger partial charge in [-0.3, -0.25) is 9.59 Å². The molecule has 23 heavy (non-hydrogen) atoms. The molecular weight excluding hydrogens is 292 g/mol. The van der Waals surface area contributed by atoms with Crippen molar-refractivity contribution in [1.82, 2.24) is 4.90 Å². The molecular formula is C18H18N2O3. The Morgan fingerprint density at radius 3 is 2.39 bits per heavy atom. The van der Waals surface area contributed by atoms with Crippen LogP contribution in [-0.4, -0.2) is 43.5 Å². The van der Waals surface area contributed by atoms with E-state index in [0.29, 0.717) is 17.0 Å². The van der Waals surface area contributed by atoms with Crippen LogP contribution in [-0.2, 0) is 4.79 Å². The van der Waals surface area contributed by atoms with E-state index in [1.165, 1.54) is 4.90 Å². The van der Waals surface area contributed by atoms with Gasteiger partial charge in [0.2, 0.25) is 0 Å². The Kier molecular flexibility index (Phi) is 4.02. The fraction of sp³-hybridized carbons (Fsp3) is 0.222. The first kappa shape index (κ1) is 15.1. The predicted octanol–water partition coefficient (Wildman–Crippen LogP) is 2.18. The third-order valence-electron chi connectivity index (χ3n) is 3.76. The van der Waals surface area contributed by atoms with Crippen molar-refractivity contribution in [3.05, 3.63) is 60.2 Å². The third kappa shape index (κ3) is 2.90. The molecule has 0 fully saturated rings. The number of carbonyl (C=O) groups is 2. The number of carbonyl (C=O) groups excluding carboxylic acids is 2. The second kappa shape index (κ2) is 6.12. The summed E-state index contributed by atoms with van der Waals surface area (Å²) in [7, 11) is 3.35. The lowest BCUT2D eigenvalue weighted by atomic mass is 10.1. The number of hydrogen-bond donors (Lipinski definition) is 0. The van der Waals surface area contributed by atoms with Crippen LogP contribution in [0.4, 0.5) is 5.69 Å². The SMILES string of the molecule is CN(C)C(=O)[C@H]1CN(C(=O)c2ccccc2)c2ccccc2O1. The monoisotopic (exact) mass is 310 g/mol. The van der Waals surface area contributed by atoms with Crippen LogP contribution in [0.2, 0.25) is 0 Å². The fourth-order valence-corrected chi connectivity index (χ4v) is 2.58. The maximum Gasteiger partial charge on any atom is 0.265 e. The van der Waals surface area contributed by atoms with Gasteiger partial charge in [-0.1, -0.05) is 30.3 Å². The zero-order valence-corrected chi connectivity index (χ0v) is 13.1. The molecule has 0 unspecified atom stereocenters. The average molecular weight is 310 g/mol. The largest absolute Gasteiger partial charge is 0.476 e. The molecule has 0 radical (unpaired) electrons. The first-order valence-corrected chi connectivity index (χ1v) is 7.41. The number of hydrogen-bond acceptors (Lipinski definition) is 3. The van der Waals surface area contributed by atoms with Gasteiger partial charge in [-0.05, 0) is 24.3 Å². The molecule has 1 aliphatic heterocycles. The van der Waals surface area contributed by atoms with E-state index in [1.807, 2.05) is 36.4 Å².